The molecule has 0 radical (unpaired) electrons. The van der Waals surface area contributed by atoms with E-state index in [0.29, 0.717) is 10.8 Å². The molecule has 3 nitrogen and oxygen atoms in total. The van der Waals surface area contributed by atoms with E-state index in [4.69, 9.17) is 9.47 Å². The van der Waals surface area contributed by atoms with Crippen LogP contribution in [0.2, 0.25) is 0 Å². The molecule has 1 aliphatic heterocycles. The third-order valence-electron chi connectivity index (χ3n) is 10.6. The molecule has 0 aromatic heterocycles. The number of rotatable bonds is 4. The molecule has 0 aromatic carbocycles. The number of fused-ring (bicyclic) bond motifs is 5. The molecule has 1 saturated heterocycles. The van der Waals surface area contributed by atoms with Gasteiger partial charge >= 0.3 is 0 Å². The minimum Gasteiger partial charge on any atom is -0.348 e. The minimum absolute atomic E-state index is 0.225. The fraction of sp³-hybridized carbons (Fsp3) is 0.960. The SMILES string of the molecule is CC12CCC3C(CCC4CC5(CCC43C)OCCO5)C1CCC2CCCC=O. The van der Waals surface area contributed by atoms with Gasteiger partial charge < -0.3 is 14.3 Å². The molecule has 28 heavy (non-hydrogen) atoms. The van der Waals surface area contributed by atoms with Gasteiger partial charge in [-0.25, -0.2) is 0 Å². The van der Waals surface area contributed by atoms with Crippen LogP contribution in [-0.2, 0) is 14.3 Å². The first-order valence-corrected chi connectivity index (χ1v) is 12.2. The first-order chi connectivity index (χ1) is 13.5. The quantitative estimate of drug-likeness (QED) is 0.454. The Morgan fingerprint density at radius 3 is 2.46 bits per heavy atom. The summed E-state index contributed by atoms with van der Waals surface area (Å²) >= 11 is 0. The Morgan fingerprint density at radius 2 is 1.68 bits per heavy atom. The van der Waals surface area contributed by atoms with Gasteiger partial charge in [-0.05, 0) is 98.2 Å². The van der Waals surface area contributed by atoms with E-state index in [2.05, 4.69) is 13.8 Å². The van der Waals surface area contributed by atoms with Crippen molar-refractivity contribution in [3.8, 4) is 0 Å². The van der Waals surface area contributed by atoms with Crippen molar-refractivity contribution in [2.75, 3.05) is 13.2 Å². The molecule has 158 valence electrons. The predicted molar refractivity (Wildman–Crippen MR) is 110 cm³/mol. The second kappa shape index (κ2) is 7.08. The zero-order valence-electron chi connectivity index (χ0n) is 18.1. The van der Waals surface area contributed by atoms with Crippen LogP contribution in [0.15, 0.2) is 0 Å². The van der Waals surface area contributed by atoms with Gasteiger partial charge in [0.05, 0.1) is 13.2 Å². The number of hydrogen-bond acceptors (Lipinski definition) is 3. The standard InChI is InChI=1S/C25H40O3/c1-23-11-10-22-20(21(23)9-7-18(23)5-3-4-14-26)8-6-19-17-25(27-15-16-28-25)13-12-24(19,22)2/h14,18-22H,3-13,15-17H2,1-2H3. The molecule has 0 bridgehead atoms. The lowest BCUT2D eigenvalue weighted by Gasteiger charge is -2.62. The Kier molecular flexibility index (Phi) is 4.94. The maximum atomic E-state index is 10.8. The molecule has 0 amide bonds. The van der Waals surface area contributed by atoms with E-state index in [1.165, 1.54) is 51.4 Å². The highest BCUT2D eigenvalue weighted by atomic mass is 16.7. The Bertz CT molecular complexity index is 597. The van der Waals surface area contributed by atoms with Gasteiger partial charge in [-0.2, -0.15) is 0 Å². The highest BCUT2D eigenvalue weighted by Crippen LogP contribution is 2.68. The van der Waals surface area contributed by atoms with Crippen LogP contribution in [0.3, 0.4) is 0 Å². The smallest absolute Gasteiger partial charge is 0.168 e. The average Bonchev–Trinajstić information content (AvgIpc) is 3.27. The molecule has 7 unspecified atom stereocenters. The largest absolute Gasteiger partial charge is 0.348 e. The average molecular weight is 389 g/mol. The Morgan fingerprint density at radius 1 is 0.893 bits per heavy atom. The monoisotopic (exact) mass is 388 g/mol. The van der Waals surface area contributed by atoms with Gasteiger partial charge in [0.1, 0.15) is 6.29 Å². The molecule has 5 aliphatic rings. The lowest BCUT2D eigenvalue weighted by Crippen LogP contribution is -2.56. The summed E-state index contributed by atoms with van der Waals surface area (Å²) in [6.45, 7) is 6.84. The van der Waals surface area contributed by atoms with Crippen molar-refractivity contribution in [3.63, 3.8) is 0 Å². The lowest BCUT2D eigenvalue weighted by atomic mass is 9.44. The van der Waals surface area contributed by atoms with Gasteiger partial charge in [0, 0.05) is 19.3 Å². The summed E-state index contributed by atoms with van der Waals surface area (Å²) in [6, 6.07) is 0. The second-order valence-electron chi connectivity index (χ2n) is 11.4. The van der Waals surface area contributed by atoms with Crippen LogP contribution in [0.4, 0.5) is 0 Å². The summed E-state index contributed by atoms with van der Waals surface area (Å²) < 4.78 is 12.2. The fourth-order valence-electron chi connectivity index (χ4n) is 8.99. The molecule has 1 heterocycles. The Labute approximate surface area is 171 Å². The summed E-state index contributed by atoms with van der Waals surface area (Å²) in [7, 11) is 0. The summed E-state index contributed by atoms with van der Waals surface area (Å²) in [4.78, 5) is 10.8. The van der Waals surface area contributed by atoms with Crippen LogP contribution in [-0.4, -0.2) is 25.3 Å². The van der Waals surface area contributed by atoms with Gasteiger partial charge in [0.15, 0.2) is 5.79 Å². The summed E-state index contributed by atoms with van der Waals surface area (Å²) in [6.07, 6.45) is 16.3. The first-order valence-electron chi connectivity index (χ1n) is 12.2. The Balaban J connectivity index is 1.32. The summed E-state index contributed by atoms with van der Waals surface area (Å²) in [5.74, 6) is 4.21. The summed E-state index contributed by atoms with van der Waals surface area (Å²) in [5, 5.41) is 0. The minimum atomic E-state index is -0.225. The van der Waals surface area contributed by atoms with Crippen molar-refractivity contribution in [2.24, 2.45) is 40.4 Å². The molecule has 1 spiro atoms. The normalized spacial score (nSPS) is 49.4. The number of ether oxygens (including phenoxy) is 2. The van der Waals surface area contributed by atoms with Crippen LogP contribution in [0.1, 0.15) is 90.9 Å². The van der Waals surface area contributed by atoms with E-state index < -0.39 is 0 Å². The van der Waals surface area contributed by atoms with Crippen molar-refractivity contribution in [2.45, 2.75) is 96.7 Å². The van der Waals surface area contributed by atoms with E-state index in [9.17, 15) is 4.79 Å². The van der Waals surface area contributed by atoms with Crippen molar-refractivity contribution in [3.05, 3.63) is 0 Å². The van der Waals surface area contributed by atoms with Gasteiger partial charge in [0.25, 0.3) is 0 Å². The second-order valence-corrected chi connectivity index (χ2v) is 11.4. The van der Waals surface area contributed by atoms with Crippen LogP contribution < -0.4 is 0 Å². The summed E-state index contributed by atoms with van der Waals surface area (Å²) in [5.41, 5.74) is 1.04. The van der Waals surface area contributed by atoms with Crippen LogP contribution >= 0.6 is 0 Å². The predicted octanol–water partition coefficient (Wildman–Crippen LogP) is 5.76. The van der Waals surface area contributed by atoms with Crippen LogP contribution in [0, 0.1) is 40.4 Å². The Hall–Kier alpha value is -0.410. The molecule has 4 aliphatic carbocycles. The fourth-order valence-corrected chi connectivity index (χ4v) is 8.99. The molecule has 3 heteroatoms. The number of hydrogen-bond donors (Lipinski definition) is 0. The number of carbonyl (C=O) groups excluding carboxylic acids is 1. The molecule has 7 atom stereocenters. The van der Waals surface area contributed by atoms with Crippen molar-refractivity contribution >= 4 is 6.29 Å². The molecule has 5 fully saturated rings. The lowest BCUT2D eigenvalue weighted by molar-refractivity contribution is -0.229. The molecule has 0 N–H and O–H groups in total. The van der Waals surface area contributed by atoms with Crippen molar-refractivity contribution in [1.29, 1.82) is 0 Å². The van der Waals surface area contributed by atoms with Crippen LogP contribution in [0.5, 0.6) is 0 Å². The van der Waals surface area contributed by atoms with E-state index in [1.54, 1.807) is 0 Å². The van der Waals surface area contributed by atoms with E-state index in [0.717, 1.165) is 74.8 Å². The first kappa shape index (κ1) is 19.5. The molecule has 5 rings (SSSR count). The van der Waals surface area contributed by atoms with E-state index >= 15 is 0 Å². The molecular formula is C25H40O3. The van der Waals surface area contributed by atoms with Crippen LogP contribution in [0.25, 0.3) is 0 Å². The van der Waals surface area contributed by atoms with Gasteiger partial charge in [0.2, 0.25) is 0 Å². The van der Waals surface area contributed by atoms with Crippen molar-refractivity contribution in [1.82, 2.24) is 0 Å². The maximum Gasteiger partial charge on any atom is 0.168 e. The van der Waals surface area contributed by atoms with E-state index in [-0.39, 0.29) is 5.79 Å². The topological polar surface area (TPSA) is 35.5 Å². The third-order valence-corrected chi connectivity index (χ3v) is 10.6. The number of unbranched alkanes of at least 4 members (excludes halogenated alkanes) is 1. The third kappa shape index (κ3) is 2.86. The molecule has 0 aromatic rings. The van der Waals surface area contributed by atoms with Gasteiger partial charge in [-0.1, -0.05) is 13.8 Å². The van der Waals surface area contributed by atoms with E-state index in [1.807, 2.05) is 0 Å². The van der Waals surface area contributed by atoms with Gasteiger partial charge in [-0.3, -0.25) is 0 Å². The molecular weight excluding hydrogens is 348 g/mol. The van der Waals surface area contributed by atoms with Gasteiger partial charge in [-0.15, -0.1) is 0 Å². The highest BCUT2D eigenvalue weighted by Gasteiger charge is 2.61. The molecule has 4 saturated carbocycles. The number of carbonyl (C=O) groups is 1. The zero-order chi connectivity index (χ0) is 19.4. The maximum absolute atomic E-state index is 10.8. The van der Waals surface area contributed by atoms with Crippen molar-refractivity contribution < 1.29 is 14.3 Å². The highest BCUT2D eigenvalue weighted by molar-refractivity contribution is 5.48. The zero-order valence-corrected chi connectivity index (χ0v) is 18.1. The number of aldehydes is 1.